The molecule has 5 heteroatoms. The monoisotopic (exact) mass is 430 g/mol. The molecule has 0 spiro atoms. The Balaban J connectivity index is 3.10. The smallest absolute Gasteiger partial charge is 0.250 e. The summed E-state index contributed by atoms with van der Waals surface area (Å²) in [5.74, 6) is 1.94. The third-order valence-corrected chi connectivity index (χ3v) is 14.8. The lowest BCUT2D eigenvalue weighted by molar-refractivity contribution is 0.479. The van der Waals surface area contributed by atoms with Crippen LogP contribution in [0.1, 0.15) is 47.1 Å². The van der Waals surface area contributed by atoms with Crippen molar-refractivity contribution in [2.45, 2.75) is 83.1 Å². The van der Waals surface area contributed by atoms with Gasteiger partial charge in [-0.15, -0.1) is 0 Å². The molecule has 138 valence electrons. The van der Waals surface area contributed by atoms with Gasteiger partial charge in [0, 0.05) is 10.9 Å². The molecule has 0 unspecified atom stereocenters. The lowest BCUT2D eigenvalue weighted by Crippen LogP contribution is -2.44. The quantitative estimate of drug-likeness (QED) is 0.358. The molecule has 0 aliphatic heterocycles. The minimum absolute atomic E-state index is 0.187. The first-order valence-electron chi connectivity index (χ1n) is 8.68. The van der Waals surface area contributed by atoms with Gasteiger partial charge in [-0.05, 0) is 54.5 Å². The van der Waals surface area contributed by atoms with Crippen LogP contribution in [-0.2, 0) is 5.33 Å². The van der Waals surface area contributed by atoms with Crippen molar-refractivity contribution in [2.24, 2.45) is 0 Å². The largest absolute Gasteiger partial charge is 0.543 e. The summed E-state index contributed by atoms with van der Waals surface area (Å²) in [6, 6.07) is 6.28. The average Bonchev–Trinajstić information content (AvgIpc) is 2.37. The molecular formula is C19H35BrO2Si2. The first-order chi connectivity index (χ1) is 10.6. The van der Waals surface area contributed by atoms with Crippen molar-refractivity contribution in [3.8, 4) is 11.5 Å². The highest BCUT2D eigenvalue weighted by atomic mass is 79.9. The van der Waals surface area contributed by atoms with Gasteiger partial charge in [-0.2, -0.15) is 0 Å². The fraction of sp³-hybridized carbons (Fsp3) is 0.684. The van der Waals surface area contributed by atoms with Gasteiger partial charge in [-0.1, -0.05) is 57.5 Å². The van der Waals surface area contributed by atoms with Crippen LogP contribution in [0.3, 0.4) is 0 Å². The van der Waals surface area contributed by atoms with Crippen LogP contribution >= 0.6 is 15.9 Å². The SMILES string of the molecule is CC(C)(C)[Si](C)(C)Oc1ccc(O[Si](C)(C)C(C)(C)C)c(CBr)c1. The molecule has 1 aromatic rings. The number of hydrogen-bond donors (Lipinski definition) is 0. The van der Waals surface area contributed by atoms with Crippen molar-refractivity contribution >= 4 is 32.6 Å². The lowest BCUT2D eigenvalue weighted by atomic mass is 10.2. The summed E-state index contributed by atoms with van der Waals surface area (Å²) in [6.07, 6.45) is 0. The fourth-order valence-electron chi connectivity index (χ4n) is 1.70. The van der Waals surface area contributed by atoms with Gasteiger partial charge >= 0.3 is 0 Å². The van der Waals surface area contributed by atoms with E-state index >= 15 is 0 Å². The third-order valence-electron chi connectivity index (χ3n) is 5.53. The standard InChI is InChI=1S/C19H35BrO2Si2/c1-18(2,3)23(7,8)21-16-11-12-17(15(13-16)14-20)22-24(9,10)19(4,5)6/h11-13H,14H2,1-10H3. The molecule has 0 saturated carbocycles. The minimum Gasteiger partial charge on any atom is -0.543 e. The Labute approximate surface area is 159 Å². The predicted molar refractivity (Wildman–Crippen MR) is 115 cm³/mol. The first kappa shape index (κ1) is 21.8. The highest BCUT2D eigenvalue weighted by Gasteiger charge is 2.40. The molecule has 1 aromatic carbocycles. The summed E-state index contributed by atoms with van der Waals surface area (Å²) in [4.78, 5) is 0. The Kier molecular flexibility index (Phi) is 6.49. The summed E-state index contributed by atoms with van der Waals surface area (Å²) in [5, 5.41) is 1.15. The second kappa shape index (κ2) is 7.16. The second-order valence-corrected chi connectivity index (χ2v) is 19.6. The molecule has 0 saturated heterocycles. The number of hydrogen-bond acceptors (Lipinski definition) is 2. The Bertz CT molecular complexity index is 570. The number of halogens is 1. The average molecular weight is 432 g/mol. The summed E-state index contributed by atoms with van der Waals surface area (Å²) >= 11 is 3.61. The summed E-state index contributed by atoms with van der Waals surface area (Å²) < 4.78 is 12.9. The Morgan fingerprint density at radius 2 is 1.29 bits per heavy atom. The van der Waals surface area contributed by atoms with E-state index in [2.05, 4.69) is 102 Å². The van der Waals surface area contributed by atoms with E-state index in [-0.39, 0.29) is 10.1 Å². The second-order valence-electron chi connectivity index (χ2n) is 9.63. The zero-order valence-electron chi connectivity index (χ0n) is 17.1. The number of benzene rings is 1. The van der Waals surface area contributed by atoms with Crippen molar-refractivity contribution in [1.82, 2.24) is 0 Å². The highest BCUT2D eigenvalue weighted by molar-refractivity contribution is 9.08. The Hall–Kier alpha value is -0.266. The van der Waals surface area contributed by atoms with E-state index in [0.29, 0.717) is 0 Å². The normalized spacial score (nSPS) is 13.8. The molecule has 0 aliphatic rings. The number of alkyl halides is 1. The molecule has 0 fully saturated rings. The molecular weight excluding hydrogens is 396 g/mol. The first-order valence-corrected chi connectivity index (χ1v) is 15.6. The molecule has 0 N–H and O–H groups in total. The zero-order valence-corrected chi connectivity index (χ0v) is 20.7. The molecule has 0 bridgehead atoms. The van der Waals surface area contributed by atoms with E-state index in [0.717, 1.165) is 22.4 Å². The van der Waals surface area contributed by atoms with E-state index in [4.69, 9.17) is 8.85 Å². The van der Waals surface area contributed by atoms with Gasteiger partial charge < -0.3 is 8.85 Å². The third kappa shape index (κ3) is 5.12. The summed E-state index contributed by atoms with van der Waals surface area (Å²) in [5.41, 5.74) is 1.16. The topological polar surface area (TPSA) is 18.5 Å². The lowest BCUT2D eigenvalue weighted by Gasteiger charge is -2.38. The van der Waals surface area contributed by atoms with Crippen LogP contribution in [0.2, 0.25) is 36.3 Å². The van der Waals surface area contributed by atoms with E-state index < -0.39 is 16.6 Å². The molecule has 0 amide bonds. The van der Waals surface area contributed by atoms with Gasteiger partial charge in [0.1, 0.15) is 11.5 Å². The minimum atomic E-state index is -1.84. The number of rotatable bonds is 5. The van der Waals surface area contributed by atoms with Crippen LogP contribution in [0.15, 0.2) is 18.2 Å². The van der Waals surface area contributed by atoms with Crippen LogP contribution in [0, 0.1) is 0 Å². The van der Waals surface area contributed by atoms with Gasteiger partial charge in [0.05, 0.1) is 0 Å². The highest BCUT2D eigenvalue weighted by Crippen LogP contribution is 2.41. The van der Waals surface area contributed by atoms with E-state index in [1.165, 1.54) is 0 Å². The van der Waals surface area contributed by atoms with Gasteiger partial charge in [0.2, 0.25) is 16.6 Å². The molecule has 2 nitrogen and oxygen atoms in total. The molecule has 1 rings (SSSR count). The Morgan fingerprint density at radius 3 is 1.71 bits per heavy atom. The maximum atomic E-state index is 6.51. The maximum Gasteiger partial charge on any atom is 0.250 e. The molecule has 0 heterocycles. The van der Waals surface area contributed by atoms with Crippen LogP contribution < -0.4 is 8.85 Å². The van der Waals surface area contributed by atoms with E-state index in [9.17, 15) is 0 Å². The van der Waals surface area contributed by atoms with Crippen molar-refractivity contribution in [1.29, 1.82) is 0 Å². The van der Waals surface area contributed by atoms with Crippen molar-refractivity contribution < 1.29 is 8.85 Å². The van der Waals surface area contributed by atoms with Gasteiger partial charge in [-0.25, -0.2) is 0 Å². The van der Waals surface area contributed by atoms with Crippen molar-refractivity contribution in [3.63, 3.8) is 0 Å². The van der Waals surface area contributed by atoms with Gasteiger partial charge in [0.25, 0.3) is 0 Å². The van der Waals surface area contributed by atoms with E-state index in [1.54, 1.807) is 0 Å². The molecule has 0 radical (unpaired) electrons. The maximum absolute atomic E-state index is 6.51. The van der Waals surface area contributed by atoms with E-state index in [1.807, 2.05) is 0 Å². The Morgan fingerprint density at radius 1 is 0.833 bits per heavy atom. The van der Waals surface area contributed by atoms with Gasteiger partial charge in [-0.3, -0.25) is 0 Å². The summed E-state index contributed by atoms with van der Waals surface area (Å²) in [6.45, 7) is 22.7. The van der Waals surface area contributed by atoms with Crippen molar-refractivity contribution in [2.75, 3.05) is 0 Å². The molecule has 0 aliphatic carbocycles. The molecule has 24 heavy (non-hydrogen) atoms. The van der Waals surface area contributed by atoms with Crippen LogP contribution in [0.4, 0.5) is 0 Å². The zero-order chi connectivity index (χ0) is 19.0. The van der Waals surface area contributed by atoms with Crippen molar-refractivity contribution in [3.05, 3.63) is 23.8 Å². The molecule has 0 aromatic heterocycles. The predicted octanol–water partition coefficient (Wildman–Crippen LogP) is 7.35. The van der Waals surface area contributed by atoms with Crippen LogP contribution in [0.25, 0.3) is 0 Å². The fourth-order valence-corrected chi connectivity index (χ4v) is 4.21. The molecule has 0 atom stereocenters. The van der Waals surface area contributed by atoms with Gasteiger partial charge in [0.15, 0.2) is 0 Å². The van der Waals surface area contributed by atoms with Crippen LogP contribution in [0.5, 0.6) is 11.5 Å². The summed E-state index contributed by atoms with van der Waals surface area (Å²) in [7, 11) is -3.66. The van der Waals surface area contributed by atoms with Crippen LogP contribution in [-0.4, -0.2) is 16.6 Å².